The van der Waals surface area contributed by atoms with E-state index in [2.05, 4.69) is 39.0 Å². The SMILES string of the molecule is Cc1ncc(-c2ccnc(NC3CCN(C(=O)NCCN(C)C)C3)n2)n1C(C)C. The van der Waals surface area contributed by atoms with Crippen LogP contribution in [0.4, 0.5) is 10.7 Å². The standard InChI is InChI=1S/C20H32N8O/c1-14(2)28-15(3)23-12-18(28)17-6-8-21-19(25-17)24-16-7-10-27(13-16)20(29)22-9-11-26(4)5/h6,8,12,14,16H,7,9-11,13H2,1-5H3,(H,22,29)(H,21,24,25). The molecule has 0 spiro atoms. The van der Waals surface area contributed by atoms with Crippen molar-refractivity contribution in [1.82, 2.24) is 34.6 Å². The van der Waals surface area contributed by atoms with E-state index in [0.717, 1.165) is 36.7 Å². The molecule has 1 fully saturated rings. The number of hydrogen-bond donors (Lipinski definition) is 2. The monoisotopic (exact) mass is 400 g/mol. The highest BCUT2D eigenvalue weighted by Gasteiger charge is 2.26. The molecular formula is C20H32N8O. The number of urea groups is 1. The van der Waals surface area contributed by atoms with Gasteiger partial charge in [-0.3, -0.25) is 0 Å². The van der Waals surface area contributed by atoms with Crippen LogP contribution in [0, 0.1) is 6.92 Å². The third kappa shape index (κ3) is 5.23. The number of carbonyl (C=O) groups excluding carboxylic acids is 1. The number of carbonyl (C=O) groups is 1. The lowest BCUT2D eigenvalue weighted by molar-refractivity contribution is 0.207. The van der Waals surface area contributed by atoms with Gasteiger partial charge in [-0.15, -0.1) is 0 Å². The molecule has 2 aromatic heterocycles. The van der Waals surface area contributed by atoms with Gasteiger partial charge in [0.05, 0.1) is 17.6 Å². The highest BCUT2D eigenvalue weighted by Crippen LogP contribution is 2.24. The number of nitrogens with zero attached hydrogens (tertiary/aromatic N) is 6. The lowest BCUT2D eigenvalue weighted by Crippen LogP contribution is -2.42. The summed E-state index contributed by atoms with van der Waals surface area (Å²) in [6.07, 6.45) is 4.49. The normalized spacial score (nSPS) is 16.7. The summed E-state index contributed by atoms with van der Waals surface area (Å²) in [7, 11) is 3.98. The van der Waals surface area contributed by atoms with Gasteiger partial charge in [0.25, 0.3) is 0 Å². The van der Waals surface area contributed by atoms with Crippen molar-refractivity contribution in [2.24, 2.45) is 0 Å². The van der Waals surface area contributed by atoms with E-state index in [4.69, 9.17) is 4.98 Å². The molecule has 29 heavy (non-hydrogen) atoms. The molecule has 2 aromatic rings. The zero-order chi connectivity index (χ0) is 21.0. The molecule has 1 aliphatic heterocycles. The molecule has 2 amide bonds. The van der Waals surface area contributed by atoms with Crippen LogP contribution in [0.3, 0.4) is 0 Å². The Balaban J connectivity index is 1.61. The lowest BCUT2D eigenvalue weighted by atomic mass is 10.2. The Kier molecular flexibility index (Phi) is 6.68. The second-order valence-electron chi connectivity index (χ2n) is 8.03. The van der Waals surface area contributed by atoms with Crippen LogP contribution < -0.4 is 10.6 Å². The number of rotatable bonds is 7. The van der Waals surface area contributed by atoms with Crippen molar-refractivity contribution in [2.45, 2.75) is 39.3 Å². The lowest BCUT2D eigenvalue weighted by Gasteiger charge is -2.19. The number of imidazole rings is 1. The summed E-state index contributed by atoms with van der Waals surface area (Å²) in [6, 6.07) is 2.33. The van der Waals surface area contributed by atoms with Gasteiger partial charge in [0.1, 0.15) is 5.82 Å². The number of nitrogens with one attached hydrogen (secondary N) is 2. The Morgan fingerprint density at radius 2 is 2.14 bits per heavy atom. The molecule has 1 atom stereocenters. The van der Waals surface area contributed by atoms with Crippen LogP contribution in [0.5, 0.6) is 0 Å². The van der Waals surface area contributed by atoms with Crippen LogP contribution in [0.15, 0.2) is 18.5 Å². The number of anilines is 1. The summed E-state index contributed by atoms with van der Waals surface area (Å²) < 4.78 is 2.17. The van der Waals surface area contributed by atoms with Gasteiger partial charge in [0, 0.05) is 44.5 Å². The van der Waals surface area contributed by atoms with Crippen LogP contribution >= 0.6 is 0 Å². The van der Waals surface area contributed by atoms with E-state index in [-0.39, 0.29) is 12.1 Å². The van der Waals surface area contributed by atoms with Crippen LogP contribution in [-0.2, 0) is 0 Å². The molecule has 1 unspecified atom stereocenters. The smallest absolute Gasteiger partial charge is 0.317 e. The number of likely N-dealkylation sites (tertiary alicyclic amines) is 1. The zero-order valence-electron chi connectivity index (χ0n) is 18.0. The predicted octanol–water partition coefficient (Wildman–Crippen LogP) is 1.99. The van der Waals surface area contributed by atoms with Crippen LogP contribution in [0.1, 0.15) is 32.1 Å². The molecule has 0 aromatic carbocycles. The van der Waals surface area contributed by atoms with E-state index >= 15 is 0 Å². The van der Waals surface area contributed by atoms with E-state index in [1.807, 2.05) is 43.1 Å². The average molecular weight is 401 g/mol. The molecule has 1 saturated heterocycles. The van der Waals surface area contributed by atoms with E-state index in [0.29, 0.717) is 25.1 Å². The zero-order valence-corrected chi connectivity index (χ0v) is 18.0. The van der Waals surface area contributed by atoms with Crippen LogP contribution in [0.25, 0.3) is 11.4 Å². The van der Waals surface area contributed by atoms with Crippen molar-refractivity contribution in [3.8, 4) is 11.4 Å². The second-order valence-corrected chi connectivity index (χ2v) is 8.03. The summed E-state index contributed by atoms with van der Waals surface area (Å²) in [4.78, 5) is 29.7. The van der Waals surface area contributed by atoms with Crippen molar-refractivity contribution in [1.29, 1.82) is 0 Å². The van der Waals surface area contributed by atoms with E-state index in [1.54, 1.807) is 6.20 Å². The predicted molar refractivity (Wildman–Crippen MR) is 114 cm³/mol. The highest BCUT2D eigenvalue weighted by atomic mass is 16.2. The summed E-state index contributed by atoms with van der Waals surface area (Å²) in [5.41, 5.74) is 1.82. The molecule has 9 heteroatoms. The second kappa shape index (κ2) is 9.21. The minimum Gasteiger partial charge on any atom is -0.350 e. The first-order chi connectivity index (χ1) is 13.8. The number of likely N-dealkylation sites (N-methyl/N-ethyl adjacent to an activating group) is 1. The molecule has 0 bridgehead atoms. The maximum atomic E-state index is 12.3. The average Bonchev–Trinajstić information content (AvgIpc) is 3.28. The first-order valence-corrected chi connectivity index (χ1v) is 10.2. The topological polar surface area (TPSA) is 91.2 Å². The van der Waals surface area contributed by atoms with Gasteiger partial charge in [-0.05, 0) is 47.4 Å². The van der Waals surface area contributed by atoms with Crippen molar-refractivity contribution in [2.75, 3.05) is 45.6 Å². The Morgan fingerprint density at radius 3 is 2.86 bits per heavy atom. The number of aromatic nitrogens is 4. The maximum Gasteiger partial charge on any atom is 0.317 e. The van der Waals surface area contributed by atoms with Gasteiger partial charge in [-0.2, -0.15) is 0 Å². The first kappa shape index (κ1) is 21.0. The number of aryl methyl sites for hydroxylation is 1. The molecule has 3 heterocycles. The summed E-state index contributed by atoms with van der Waals surface area (Å²) in [6.45, 7) is 9.11. The molecule has 0 saturated carbocycles. The van der Waals surface area contributed by atoms with Crippen LogP contribution in [-0.4, -0.2) is 81.7 Å². The van der Waals surface area contributed by atoms with Crippen molar-refractivity contribution in [3.63, 3.8) is 0 Å². The van der Waals surface area contributed by atoms with E-state index < -0.39 is 0 Å². The number of hydrogen-bond acceptors (Lipinski definition) is 6. The molecule has 158 valence electrons. The molecule has 0 radical (unpaired) electrons. The molecule has 9 nitrogen and oxygen atoms in total. The van der Waals surface area contributed by atoms with Crippen molar-refractivity contribution in [3.05, 3.63) is 24.3 Å². The highest BCUT2D eigenvalue weighted by molar-refractivity contribution is 5.74. The molecular weight excluding hydrogens is 368 g/mol. The Hall–Kier alpha value is -2.68. The Bertz CT molecular complexity index is 832. The van der Waals surface area contributed by atoms with Crippen LogP contribution in [0.2, 0.25) is 0 Å². The maximum absolute atomic E-state index is 12.3. The molecule has 2 N–H and O–H groups in total. The number of amides is 2. The van der Waals surface area contributed by atoms with E-state index in [9.17, 15) is 4.79 Å². The minimum atomic E-state index is -0.0119. The summed E-state index contributed by atoms with van der Waals surface area (Å²) in [5.74, 6) is 1.55. The minimum absolute atomic E-state index is 0.0119. The third-order valence-electron chi connectivity index (χ3n) is 5.06. The van der Waals surface area contributed by atoms with Crippen molar-refractivity contribution >= 4 is 12.0 Å². The summed E-state index contributed by atoms with van der Waals surface area (Å²) >= 11 is 0. The van der Waals surface area contributed by atoms with Gasteiger partial charge in [0.2, 0.25) is 5.95 Å². The molecule has 0 aliphatic carbocycles. The van der Waals surface area contributed by atoms with Gasteiger partial charge in [0.15, 0.2) is 0 Å². The Morgan fingerprint density at radius 1 is 1.34 bits per heavy atom. The Labute approximate surface area is 172 Å². The summed E-state index contributed by atoms with van der Waals surface area (Å²) in [5, 5.41) is 6.35. The molecule has 1 aliphatic rings. The third-order valence-corrected chi connectivity index (χ3v) is 5.06. The fourth-order valence-electron chi connectivity index (χ4n) is 3.61. The fourth-order valence-corrected chi connectivity index (χ4v) is 3.61. The fraction of sp³-hybridized carbons (Fsp3) is 0.600. The first-order valence-electron chi connectivity index (χ1n) is 10.2. The van der Waals surface area contributed by atoms with Gasteiger partial charge in [-0.1, -0.05) is 0 Å². The largest absolute Gasteiger partial charge is 0.350 e. The van der Waals surface area contributed by atoms with Crippen molar-refractivity contribution < 1.29 is 4.79 Å². The quantitative estimate of drug-likeness (QED) is 0.739. The van der Waals surface area contributed by atoms with Gasteiger partial charge >= 0.3 is 6.03 Å². The molecule has 3 rings (SSSR count). The van der Waals surface area contributed by atoms with Gasteiger partial charge in [-0.25, -0.2) is 19.7 Å². The van der Waals surface area contributed by atoms with Gasteiger partial charge < -0.3 is 25.0 Å². The van der Waals surface area contributed by atoms with E-state index in [1.165, 1.54) is 0 Å².